The fraction of sp³-hybridized carbons (Fsp3) is 0.600. The third kappa shape index (κ3) is 2.97. The average Bonchev–Trinajstić information content (AvgIpc) is 2.67. The Bertz CT molecular complexity index is 332. The van der Waals surface area contributed by atoms with E-state index in [0.717, 1.165) is 25.2 Å². The highest BCUT2D eigenvalue weighted by Crippen LogP contribution is 2.16. The molecule has 90 valence electrons. The Morgan fingerprint density at radius 1 is 1.50 bits per heavy atom. The molecular weight excluding hydrogens is 247 g/mol. The fourth-order valence-electron chi connectivity index (χ4n) is 1.81. The molecule has 2 rings (SSSR count). The molecule has 1 fully saturated rings. The Labute approximate surface area is 107 Å². The Morgan fingerprint density at radius 2 is 2.25 bits per heavy atom. The molecule has 4 nitrogen and oxygen atoms in total. The van der Waals surface area contributed by atoms with Crippen LogP contribution in [0.15, 0.2) is 6.07 Å². The lowest BCUT2D eigenvalue weighted by molar-refractivity contribution is 0.667. The second kappa shape index (κ2) is 5.66. The lowest BCUT2D eigenvalue weighted by Gasteiger charge is -2.23. The van der Waals surface area contributed by atoms with E-state index >= 15 is 0 Å². The summed E-state index contributed by atoms with van der Waals surface area (Å²) in [6.07, 6.45) is 1.13. The number of aryl methyl sites for hydroxylation is 1. The van der Waals surface area contributed by atoms with Crippen LogP contribution >= 0.6 is 24.0 Å². The summed E-state index contributed by atoms with van der Waals surface area (Å²) in [4.78, 5) is 10.7. The molecule has 1 aromatic heterocycles. The molecule has 1 aromatic rings. The van der Waals surface area contributed by atoms with Crippen LogP contribution in [0.1, 0.15) is 12.1 Å². The first-order valence-corrected chi connectivity index (χ1v) is 5.49. The Kier molecular flexibility index (Phi) is 4.77. The second-order valence-electron chi connectivity index (χ2n) is 3.89. The van der Waals surface area contributed by atoms with Gasteiger partial charge in [-0.15, -0.1) is 12.4 Å². The molecule has 0 amide bonds. The number of aromatic nitrogens is 2. The van der Waals surface area contributed by atoms with E-state index in [2.05, 4.69) is 20.2 Å². The van der Waals surface area contributed by atoms with Gasteiger partial charge in [0.25, 0.3) is 0 Å². The van der Waals surface area contributed by atoms with Crippen LogP contribution in [0, 0.1) is 6.92 Å². The van der Waals surface area contributed by atoms with Gasteiger partial charge in [-0.2, -0.15) is 0 Å². The Morgan fingerprint density at radius 3 is 2.81 bits per heavy atom. The largest absolute Gasteiger partial charge is 0.340 e. The number of nitrogens with one attached hydrogen (secondary N) is 1. The summed E-state index contributed by atoms with van der Waals surface area (Å²) >= 11 is 5.91. The van der Waals surface area contributed by atoms with Gasteiger partial charge in [0, 0.05) is 25.3 Å². The lowest BCUT2D eigenvalue weighted by atomic mass is 10.2. The SMILES string of the molecule is Cc1cc(Cl)nc(N(C)C2CCNC2)n1.Cl. The summed E-state index contributed by atoms with van der Waals surface area (Å²) in [5.74, 6) is 0.716. The van der Waals surface area contributed by atoms with E-state index in [1.54, 1.807) is 6.07 Å². The topological polar surface area (TPSA) is 41.1 Å². The van der Waals surface area contributed by atoms with Gasteiger partial charge in [0.1, 0.15) is 5.15 Å². The zero-order valence-electron chi connectivity index (χ0n) is 9.40. The standard InChI is InChI=1S/C10H15ClN4.ClH/c1-7-5-9(11)14-10(13-7)15(2)8-3-4-12-6-8;/h5,8,12H,3-4,6H2,1-2H3;1H. The van der Waals surface area contributed by atoms with Crippen LogP contribution < -0.4 is 10.2 Å². The van der Waals surface area contributed by atoms with Crippen LogP contribution in [-0.2, 0) is 0 Å². The van der Waals surface area contributed by atoms with Crippen molar-refractivity contribution in [3.63, 3.8) is 0 Å². The average molecular weight is 263 g/mol. The van der Waals surface area contributed by atoms with Crippen molar-refractivity contribution >= 4 is 30.0 Å². The molecule has 1 unspecified atom stereocenters. The van der Waals surface area contributed by atoms with Crippen molar-refractivity contribution < 1.29 is 0 Å². The first-order valence-electron chi connectivity index (χ1n) is 5.11. The van der Waals surface area contributed by atoms with Crippen molar-refractivity contribution in [2.45, 2.75) is 19.4 Å². The third-order valence-electron chi connectivity index (χ3n) is 2.71. The molecule has 0 radical (unpaired) electrons. The van der Waals surface area contributed by atoms with Crippen LogP contribution in [-0.4, -0.2) is 36.1 Å². The summed E-state index contributed by atoms with van der Waals surface area (Å²) in [7, 11) is 2.02. The molecule has 2 heterocycles. The molecule has 0 bridgehead atoms. The minimum atomic E-state index is 0. The number of hydrogen-bond acceptors (Lipinski definition) is 4. The van der Waals surface area contributed by atoms with Crippen molar-refractivity contribution in [3.8, 4) is 0 Å². The van der Waals surface area contributed by atoms with Crippen LogP contribution in [0.4, 0.5) is 5.95 Å². The van der Waals surface area contributed by atoms with Gasteiger partial charge in [-0.25, -0.2) is 9.97 Å². The highest BCUT2D eigenvalue weighted by atomic mass is 35.5. The fourth-order valence-corrected chi connectivity index (χ4v) is 2.04. The maximum absolute atomic E-state index is 5.91. The van der Waals surface area contributed by atoms with Crippen LogP contribution in [0.3, 0.4) is 0 Å². The first-order chi connectivity index (χ1) is 7.16. The molecule has 16 heavy (non-hydrogen) atoms. The summed E-state index contributed by atoms with van der Waals surface area (Å²) in [5, 5.41) is 3.83. The molecule has 1 aliphatic rings. The van der Waals surface area contributed by atoms with Crippen molar-refractivity contribution in [1.82, 2.24) is 15.3 Å². The molecule has 1 aliphatic heterocycles. The van der Waals surface area contributed by atoms with E-state index in [1.165, 1.54) is 0 Å². The van der Waals surface area contributed by atoms with Crippen molar-refractivity contribution in [2.75, 3.05) is 25.0 Å². The molecule has 1 N–H and O–H groups in total. The number of likely N-dealkylation sites (N-methyl/N-ethyl adjacent to an activating group) is 1. The number of halogens is 2. The summed E-state index contributed by atoms with van der Waals surface area (Å²) < 4.78 is 0. The van der Waals surface area contributed by atoms with E-state index in [0.29, 0.717) is 17.1 Å². The van der Waals surface area contributed by atoms with Gasteiger partial charge in [-0.05, 0) is 26.0 Å². The van der Waals surface area contributed by atoms with Crippen LogP contribution in [0.5, 0.6) is 0 Å². The Balaban J connectivity index is 0.00000128. The lowest BCUT2D eigenvalue weighted by Crippen LogP contribution is -2.34. The maximum atomic E-state index is 5.91. The zero-order valence-corrected chi connectivity index (χ0v) is 11.0. The van der Waals surface area contributed by atoms with Crippen molar-refractivity contribution in [3.05, 3.63) is 16.9 Å². The second-order valence-corrected chi connectivity index (χ2v) is 4.28. The van der Waals surface area contributed by atoms with E-state index in [1.807, 2.05) is 14.0 Å². The summed E-state index contributed by atoms with van der Waals surface area (Å²) in [5.41, 5.74) is 0.905. The minimum Gasteiger partial charge on any atom is -0.340 e. The van der Waals surface area contributed by atoms with Gasteiger partial charge in [-0.3, -0.25) is 0 Å². The van der Waals surface area contributed by atoms with Crippen molar-refractivity contribution in [1.29, 1.82) is 0 Å². The van der Waals surface area contributed by atoms with Crippen molar-refractivity contribution in [2.24, 2.45) is 0 Å². The molecule has 0 aromatic carbocycles. The highest BCUT2D eigenvalue weighted by molar-refractivity contribution is 6.29. The normalized spacial score (nSPS) is 19.3. The predicted octanol–water partition coefficient (Wildman–Crippen LogP) is 1.66. The molecule has 1 atom stereocenters. The van der Waals surface area contributed by atoms with Gasteiger partial charge in [0.05, 0.1) is 0 Å². The number of rotatable bonds is 2. The highest BCUT2D eigenvalue weighted by Gasteiger charge is 2.21. The minimum absolute atomic E-state index is 0. The van der Waals surface area contributed by atoms with E-state index < -0.39 is 0 Å². The van der Waals surface area contributed by atoms with Gasteiger partial charge in [0.15, 0.2) is 0 Å². The smallest absolute Gasteiger partial charge is 0.227 e. The van der Waals surface area contributed by atoms with Gasteiger partial charge < -0.3 is 10.2 Å². The summed E-state index contributed by atoms with van der Waals surface area (Å²) in [6.45, 7) is 3.98. The molecular formula is C10H16Cl2N4. The van der Waals surface area contributed by atoms with E-state index in [-0.39, 0.29) is 12.4 Å². The predicted molar refractivity (Wildman–Crippen MR) is 68.7 cm³/mol. The quantitative estimate of drug-likeness (QED) is 0.824. The first kappa shape index (κ1) is 13.5. The third-order valence-corrected chi connectivity index (χ3v) is 2.90. The summed E-state index contributed by atoms with van der Waals surface area (Å²) in [6, 6.07) is 2.24. The van der Waals surface area contributed by atoms with Gasteiger partial charge >= 0.3 is 0 Å². The Hall–Kier alpha value is -0.580. The van der Waals surface area contributed by atoms with Crippen LogP contribution in [0.25, 0.3) is 0 Å². The van der Waals surface area contributed by atoms with E-state index in [9.17, 15) is 0 Å². The zero-order chi connectivity index (χ0) is 10.8. The van der Waals surface area contributed by atoms with Crippen LogP contribution in [0.2, 0.25) is 5.15 Å². The number of hydrogen-bond donors (Lipinski definition) is 1. The molecule has 0 aliphatic carbocycles. The monoisotopic (exact) mass is 262 g/mol. The molecule has 6 heteroatoms. The van der Waals surface area contributed by atoms with Gasteiger partial charge in [0.2, 0.25) is 5.95 Å². The molecule has 0 spiro atoms. The molecule has 0 saturated carbocycles. The maximum Gasteiger partial charge on any atom is 0.227 e. The van der Waals surface area contributed by atoms with Gasteiger partial charge in [-0.1, -0.05) is 11.6 Å². The molecule has 1 saturated heterocycles. The number of anilines is 1. The van der Waals surface area contributed by atoms with E-state index in [4.69, 9.17) is 11.6 Å². The number of nitrogens with zero attached hydrogens (tertiary/aromatic N) is 3.